The first-order valence-electron chi connectivity index (χ1n) is 4.38. The molecule has 2 atom stereocenters. The summed E-state index contributed by atoms with van der Waals surface area (Å²) in [6, 6.07) is 3.97. The van der Waals surface area contributed by atoms with E-state index in [9.17, 15) is 8.78 Å². The molecule has 2 rings (SSSR count). The Hall–Kier alpha value is -0.670. The minimum absolute atomic E-state index is 0. The second-order valence-electron chi connectivity index (χ2n) is 3.47. The molecule has 14 heavy (non-hydrogen) atoms. The van der Waals surface area contributed by atoms with Gasteiger partial charge in [0.25, 0.3) is 0 Å². The fourth-order valence-corrected chi connectivity index (χ4v) is 1.73. The third kappa shape index (κ3) is 1.88. The first kappa shape index (κ1) is 11.4. The highest BCUT2D eigenvalue weighted by Gasteiger charge is 2.40. The van der Waals surface area contributed by atoms with E-state index in [1.807, 2.05) is 0 Å². The van der Waals surface area contributed by atoms with E-state index < -0.39 is 11.6 Å². The molecule has 1 nitrogen and oxygen atoms in total. The van der Waals surface area contributed by atoms with Gasteiger partial charge in [-0.05, 0) is 36.9 Å². The Kier molecular flexibility index (Phi) is 3.45. The number of hydrogen-bond acceptors (Lipinski definition) is 1. The lowest BCUT2D eigenvalue weighted by Crippen LogP contribution is -2.03. The van der Waals surface area contributed by atoms with Crippen LogP contribution in [-0.4, -0.2) is 6.54 Å². The summed E-state index contributed by atoms with van der Waals surface area (Å²) in [6.45, 7) is 0.512. The summed E-state index contributed by atoms with van der Waals surface area (Å²) in [7, 11) is 0. The molecule has 2 N–H and O–H groups in total. The van der Waals surface area contributed by atoms with Crippen molar-refractivity contribution in [3.8, 4) is 0 Å². The molecular weight excluding hydrogens is 208 g/mol. The molecule has 0 aromatic heterocycles. The number of nitrogens with two attached hydrogens (primary N) is 1. The summed E-state index contributed by atoms with van der Waals surface area (Å²) in [5.41, 5.74) is 5.64. The molecule has 1 saturated carbocycles. The van der Waals surface area contributed by atoms with Gasteiger partial charge in [-0.1, -0.05) is 6.07 Å². The van der Waals surface area contributed by atoms with Crippen molar-refractivity contribution in [3.05, 3.63) is 35.4 Å². The number of halogens is 3. The second-order valence-corrected chi connectivity index (χ2v) is 3.47. The van der Waals surface area contributed by atoms with Gasteiger partial charge in [-0.2, -0.15) is 0 Å². The van der Waals surface area contributed by atoms with Crippen LogP contribution >= 0.6 is 12.4 Å². The van der Waals surface area contributed by atoms with E-state index in [4.69, 9.17) is 5.73 Å². The smallest absolute Gasteiger partial charge is 0.129 e. The Morgan fingerprint density at radius 1 is 1.29 bits per heavy atom. The van der Waals surface area contributed by atoms with Gasteiger partial charge in [0.05, 0.1) is 0 Å². The summed E-state index contributed by atoms with van der Waals surface area (Å²) < 4.78 is 26.3. The molecule has 1 aromatic rings. The van der Waals surface area contributed by atoms with Gasteiger partial charge in [-0.15, -0.1) is 12.4 Å². The first-order chi connectivity index (χ1) is 6.24. The summed E-state index contributed by atoms with van der Waals surface area (Å²) in [5.74, 6) is -0.612. The monoisotopic (exact) mass is 219 g/mol. The lowest BCUT2D eigenvalue weighted by Gasteiger charge is -2.02. The molecular formula is C10H12ClF2N. The Labute approximate surface area is 87.7 Å². The maximum Gasteiger partial charge on any atom is 0.129 e. The van der Waals surface area contributed by atoms with Crippen LogP contribution in [0.2, 0.25) is 0 Å². The molecule has 0 radical (unpaired) electrons. The van der Waals surface area contributed by atoms with E-state index in [2.05, 4.69) is 0 Å². The van der Waals surface area contributed by atoms with Crippen molar-refractivity contribution in [2.75, 3.05) is 6.54 Å². The van der Waals surface area contributed by atoms with Crippen LogP contribution in [0.3, 0.4) is 0 Å². The van der Waals surface area contributed by atoms with Crippen LogP contribution in [0.1, 0.15) is 17.9 Å². The van der Waals surface area contributed by atoms with Crippen LogP contribution in [-0.2, 0) is 0 Å². The molecule has 0 spiro atoms. The normalized spacial score (nSPS) is 24.2. The molecule has 1 fully saturated rings. The third-order valence-corrected chi connectivity index (χ3v) is 2.60. The SMILES string of the molecule is Cl.NC[C@H]1C[C@@H]1c1c(F)cccc1F. The highest BCUT2D eigenvalue weighted by molar-refractivity contribution is 5.85. The summed E-state index contributed by atoms with van der Waals surface area (Å²) in [5, 5.41) is 0. The lowest BCUT2D eigenvalue weighted by atomic mass is 10.1. The zero-order valence-corrected chi connectivity index (χ0v) is 8.36. The predicted molar refractivity (Wildman–Crippen MR) is 53.5 cm³/mol. The molecule has 0 amide bonds. The van der Waals surface area contributed by atoms with Crippen molar-refractivity contribution >= 4 is 12.4 Å². The van der Waals surface area contributed by atoms with Gasteiger partial charge in [0.2, 0.25) is 0 Å². The number of benzene rings is 1. The quantitative estimate of drug-likeness (QED) is 0.813. The summed E-state index contributed by atoms with van der Waals surface area (Å²) in [4.78, 5) is 0. The highest BCUT2D eigenvalue weighted by atomic mass is 35.5. The largest absolute Gasteiger partial charge is 0.330 e. The van der Waals surface area contributed by atoms with Gasteiger partial charge < -0.3 is 5.73 Å². The van der Waals surface area contributed by atoms with Gasteiger partial charge in [-0.25, -0.2) is 8.78 Å². The topological polar surface area (TPSA) is 26.0 Å². The zero-order valence-electron chi connectivity index (χ0n) is 7.54. The van der Waals surface area contributed by atoms with E-state index >= 15 is 0 Å². The minimum atomic E-state index is -0.444. The Bertz CT molecular complexity index is 310. The fourth-order valence-electron chi connectivity index (χ4n) is 1.73. The third-order valence-electron chi connectivity index (χ3n) is 2.60. The van der Waals surface area contributed by atoms with E-state index in [0.717, 1.165) is 6.42 Å². The summed E-state index contributed by atoms with van der Waals surface area (Å²) in [6.07, 6.45) is 0.814. The molecule has 4 heteroatoms. The van der Waals surface area contributed by atoms with Gasteiger partial charge in [-0.3, -0.25) is 0 Å². The highest BCUT2D eigenvalue weighted by Crippen LogP contribution is 2.48. The lowest BCUT2D eigenvalue weighted by molar-refractivity contribution is 0.551. The predicted octanol–water partition coefficient (Wildman–Crippen LogP) is 2.45. The molecule has 0 unspecified atom stereocenters. The van der Waals surface area contributed by atoms with Crippen molar-refractivity contribution < 1.29 is 8.78 Å². The van der Waals surface area contributed by atoms with Crippen LogP contribution in [0.4, 0.5) is 8.78 Å². The van der Waals surface area contributed by atoms with Crippen molar-refractivity contribution in [2.24, 2.45) is 11.7 Å². The fraction of sp³-hybridized carbons (Fsp3) is 0.400. The van der Waals surface area contributed by atoms with Gasteiger partial charge in [0.1, 0.15) is 11.6 Å². The molecule has 1 aliphatic carbocycles. The molecule has 1 aromatic carbocycles. The maximum absolute atomic E-state index is 13.2. The molecule has 0 aliphatic heterocycles. The maximum atomic E-state index is 13.2. The van der Waals surface area contributed by atoms with Gasteiger partial charge in [0, 0.05) is 5.56 Å². The number of hydrogen-bond donors (Lipinski definition) is 1. The van der Waals surface area contributed by atoms with Crippen molar-refractivity contribution in [2.45, 2.75) is 12.3 Å². The molecule has 0 heterocycles. The van der Waals surface area contributed by atoms with Crippen LogP contribution in [0.5, 0.6) is 0 Å². The molecule has 0 bridgehead atoms. The van der Waals surface area contributed by atoms with E-state index in [1.165, 1.54) is 18.2 Å². The van der Waals surface area contributed by atoms with E-state index in [-0.39, 0.29) is 29.8 Å². The van der Waals surface area contributed by atoms with Gasteiger partial charge >= 0.3 is 0 Å². The average molecular weight is 220 g/mol. The van der Waals surface area contributed by atoms with Gasteiger partial charge in [0.15, 0.2) is 0 Å². The van der Waals surface area contributed by atoms with Crippen LogP contribution in [0.15, 0.2) is 18.2 Å². The number of rotatable bonds is 2. The van der Waals surface area contributed by atoms with Crippen molar-refractivity contribution in [1.29, 1.82) is 0 Å². The van der Waals surface area contributed by atoms with E-state index in [1.54, 1.807) is 0 Å². The van der Waals surface area contributed by atoms with E-state index in [0.29, 0.717) is 6.54 Å². The second kappa shape index (κ2) is 4.24. The molecule has 78 valence electrons. The summed E-state index contributed by atoms with van der Waals surface area (Å²) >= 11 is 0. The Morgan fingerprint density at radius 3 is 2.29 bits per heavy atom. The standard InChI is InChI=1S/C10H11F2N.ClH/c11-8-2-1-3-9(12)10(8)7-4-6(7)5-13;/h1-3,6-7H,4-5,13H2;1H/t6-,7+;/m1./s1. The van der Waals surface area contributed by atoms with Crippen LogP contribution in [0, 0.1) is 17.6 Å². The van der Waals surface area contributed by atoms with Crippen molar-refractivity contribution in [3.63, 3.8) is 0 Å². The zero-order chi connectivity index (χ0) is 9.42. The molecule has 1 aliphatic rings. The first-order valence-corrected chi connectivity index (χ1v) is 4.38. The average Bonchev–Trinajstić information content (AvgIpc) is 2.83. The van der Waals surface area contributed by atoms with Crippen LogP contribution < -0.4 is 5.73 Å². The van der Waals surface area contributed by atoms with Crippen LogP contribution in [0.25, 0.3) is 0 Å². The molecule has 0 saturated heterocycles. The Morgan fingerprint density at radius 2 is 1.86 bits per heavy atom. The Balaban J connectivity index is 0.000000980. The van der Waals surface area contributed by atoms with Crippen molar-refractivity contribution in [1.82, 2.24) is 0 Å². The minimum Gasteiger partial charge on any atom is -0.330 e.